The molecule has 0 heterocycles. The summed E-state index contributed by atoms with van der Waals surface area (Å²) in [5, 5.41) is 0. The third-order valence-corrected chi connectivity index (χ3v) is 0. The van der Waals surface area contributed by atoms with Crippen LogP contribution in [0.25, 0.3) is 0 Å². The molecule has 0 aliphatic rings. The van der Waals surface area contributed by atoms with E-state index in [0.717, 1.165) is 0 Å². The van der Waals surface area contributed by atoms with E-state index in [4.69, 9.17) is 0 Å². The molecular weight excluding hydrogens is 426 g/mol. The summed E-state index contributed by atoms with van der Waals surface area (Å²) in [6, 6.07) is 0. The first kappa shape index (κ1) is 148. The Morgan fingerprint density at radius 2 is 0.300 bits per heavy atom. The van der Waals surface area contributed by atoms with Gasteiger partial charge < -0.3 is 39.6 Å². The molecular formula is H12Ge3P4Si3. The van der Waals surface area contributed by atoms with E-state index in [1.165, 1.54) is 0 Å². The van der Waals surface area contributed by atoms with Crippen molar-refractivity contribution in [2.75, 3.05) is 0 Å². The van der Waals surface area contributed by atoms with Gasteiger partial charge in [0, 0.05) is 0 Å². The summed E-state index contributed by atoms with van der Waals surface area (Å²) in [5.41, 5.74) is 0. The van der Waals surface area contributed by atoms with Crippen molar-refractivity contribution in [3.63, 3.8) is 0 Å². The fourth-order valence-electron chi connectivity index (χ4n) is 0. The third-order valence-electron chi connectivity index (χ3n) is 0. The van der Waals surface area contributed by atoms with E-state index in [1.807, 2.05) is 0 Å². The standard InChI is InChI=1S/3Ge.4P.3H4Si/h;;;;;;;3*1H4/q3*+4;4*-3;;;. The molecule has 0 aliphatic carbocycles. The summed E-state index contributed by atoms with van der Waals surface area (Å²) >= 11 is 0. The molecule has 0 radical (unpaired) electrons. The van der Waals surface area contributed by atoms with Gasteiger partial charge in [-0.25, -0.2) is 0 Å². The van der Waals surface area contributed by atoms with E-state index in [2.05, 4.69) is 0 Å². The Bertz CT molecular complexity index is 15.7. The molecule has 10 heavy (non-hydrogen) atoms. The van der Waals surface area contributed by atoms with Crippen LogP contribution >= 0.6 is 39.6 Å². The number of hydrogen-bond donors (Lipinski definition) is 0. The summed E-state index contributed by atoms with van der Waals surface area (Å²) in [6.45, 7) is 0. The molecule has 0 fully saturated rings. The van der Waals surface area contributed by atoms with Gasteiger partial charge in [0.2, 0.25) is 0 Å². The molecule has 0 rings (SSSR count). The molecule has 0 aromatic rings. The molecule has 0 atom stereocenters. The van der Waals surface area contributed by atoms with Crippen LogP contribution < -0.4 is 0 Å². The fourth-order valence-corrected chi connectivity index (χ4v) is 0. The van der Waals surface area contributed by atoms with Crippen LogP contribution in [-0.4, -0.2) is 85.7 Å². The Hall–Kier alpha value is 4.00. The predicted octanol–water partition coefficient (Wildman–Crippen LogP) is -2.05. The van der Waals surface area contributed by atoms with Gasteiger partial charge in [0.15, 0.2) is 0 Å². The molecule has 0 bridgehead atoms. The maximum Gasteiger partial charge on any atom is 4.00 e. The molecule has 0 N–H and O–H groups in total. The zero-order valence-corrected chi connectivity index (χ0v) is 13.2. The largest absolute Gasteiger partial charge is 4.00 e. The van der Waals surface area contributed by atoms with E-state index in [1.54, 1.807) is 0 Å². The van der Waals surface area contributed by atoms with E-state index in [9.17, 15) is 0 Å². The van der Waals surface area contributed by atoms with Crippen molar-refractivity contribution in [3.8, 4) is 0 Å². The predicted molar refractivity (Wildman–Crippen MR) is 78.9 cm³/mol. The average molecular weight is 438 g/mol. The normalized spacial score (nSPS) is 0. The topological polar surface area (TPSA) is 0 Å². The van der Waals surface area contributed by atoms with Crippen molar-refractivity contribution in [2.24, 2.45) is 0 Å². The summed E-state index contributed by atoms with van der Waals surface area (Å²) in [5.74, 6) is 0. The molecule has 0 unspecified atom stereocenters. The minimum absolute atomic E-state index is 0. The van der Waals surface area contributed by atoms with Crippen LogP contribution in [0.15, 0.2) is 0 Å². The molecule has 0 spiro atoms. The van der Waals surface area contributed by atoms with Gasteiger partial charge in [-0.3, -0.25) is 0 Å². The Morgan fingerprint density at radius 3 is 0.300 bits per heavy atom. The van der Waals surface area contributed by atoms with Gasteiger partial charge in [0.1, 0.15) is 0 Å². The van der Waals surface area contributed by atoms with Crippen molar-refractivity contribution in [2.45, 2.75) is 0 Å². The van der Waals surface area contributed by atoms with Crippen molar-refractivity contribution in [1.29, 1.82) is 0 Å². The minimum Gasteiger partial charge on any atom is -3.00 e. The van der Waals surface area contributed by atoms with Gasteiger partial charge in [-0.05, 0) is 32.9 Å². The molecule has 0 aliphatic heterocycles. The number of rotatable bonds is 0. The van der Waals surface area contributed by atoms with Crippen LogP contribution in [0.5, 0.6) is 0 Å². The second-order valence-corrected chi connectivity index (χ2v) is 0. The Labute approximate surface area is 124 Å². The van der Waals surface area contributed by atoms with Crippen molar-refractivity contribution in [1.82, 2.24) is 0 Å². The first-order valence-electron chi connectivity index (χ1n) is 0. The molecule has 0 aromatic heterocycles. The van der Waals surface area contributed by atoms with Crippen LogP contribution in [0.3, 0.4) is 0 Å². The van der Waals surface area contributed by atoms with E-state index in [-0.39, 0.29) is 125 Å². The Morgan fingerprint density at radius 1 is 0.300 bits per heavy atom. The molecule has 0 saturated heterocycles. The average Bonchev–Trinajstić information content (AvgIpc) is 0. The first-order chi connectivity index (χ1) is 0. The fraction of sp³-hybridized carbons (Fsp3) is 0. The zero-order chi connectivity index (χ0) is 0. The van der Waals surface area contributed by atoms with E-state index in [0.29, 0.717) is 0 Å². The molecule has 0 nitrogen and oxygen atoms in total. The van der Waals surface area contributed by atoms with Crippen molar-refractivity contribution >= 4 is 125 Å². The molecule has 10 heteroatoms. The Kier molecular flexibility index (Phi) is 1730. The Balaban J connectivity index is 0. The first-order valence-corrected chi connectivity index (χ1v) is 0. The second kappa shape index (κ2) is 117. The van der Waals surface area contributed by atoms with E-state index < -0.39 is 0 Å². The van der Waals surface area contributed by atoms with Crippen LogP contribution in [-0.2, 0) is 0 Å². The minimum atomic E-state index is 0. The van der Waals surface area contributed by atoms with Crippen molar-refractivity contribution in [3.05, 3.63) is 0 Å². The van der Waals surface area contributed by atoms with Crippen LogP contribution in [0.2, 0.25) is 0 Å². The molecule has 0 saturated carbocycles. The van der Waals surface area contributed by atoms with Gasteiger partial charge in [-0.1, -0.05) is 0 Å². The summed E-state index contributed by atoms with van der Waals surface area (Å²) in [4.78, 5) is 0. The summed E-state index contributed by atoms with van der Waals surface area (Å²) < 4.78 is 0. The van der Waals surface area contributed by atoms with E-state index >= 15 is 0 Å². The molecule has 56 valence electrons. The molecule has 0 amide bonds. The third kappa shape index (κ3) is 90.8. The summed E-state index contributed by atoms with van der Waals surface area (Å²) in [6.07, 6.45) is 0. The quantitative estimate of drug-likeness (QED) is 0.302. The van der Waals surface area contributed by atoms with Crippen LogP contribution in [0.1, 0.15) is 0 Å². The maximum absolute atomic E-state index is 0. The smallest absolute Gasteiger partial charge is 3.00 e. The van der Waals surface area contributed by atoms with Gasteiger partial charge in [0.05, 0.1) is 0 Å². The van der Waals surface area contributed by atoms with Gasteiger partial charge in [-0.2, -0.15) is 0 Å². The van der Waals surface area contributed by atoms with Gasteiger partial charge in [-0.15, -0.1) is 0 Å². The van der Waals surface area contributed by atoms with Crippen LogP contribution in [0.4, 0.5) is 0 Å². The zero-order valence-electron chi connectivity index (χ0n) is 3.29. The molecule has 0 aromatic carbocycles. The van der Waals surface area contributed by atoms with Gasteiger partial charge >= 0.3 is 52.8 Å². The van der Waals surface area contributed by atoms with Crippen molar-refractivity contribution < 1.29 is 0 Å². The van der Waals surface area contributed by atoms with Gasteiger partial charge in [0.25, 0.3) is 0 Å². The number of hydrogen-bond acceptors (Lipinski definition) is 0. The van der Waals surface area contributed by atoms with Crippen LogP contribution in [0, 0.1) is 0 Å². The second-order valence-electron chi connectivity index (χ2n) is 0. The SMILES string of the molecule is [Ge+4].[Ge+4].[Ge+4].[P-3].[P-3].[P-3].[P-3].[SiH4].[SiH4].[SiH4]. The maximum atomic E-state index is 0. The summed E-state index contributed by atoms with van der Waals surface area (Å²) in [7, 11) is 0. The monoisotopic (exact) mass is 442 g/mol.